The maximum Gasteiger partial charge on any atom is 0.309 e. The van der Waals surface area contributed by atoms with E-state index in [-0.39, 0.29) is 36.9 Å². The van der Waals surface area contributed by atoms with E-state index in [0.717, 1.165) is 0 Å². The lowest BCUT2D eigenvalue weighted by Gasteiger charge is -2.10. The summed E-state index contributed by atoms with van der Waals surface area (Å²) in [6, 6.07) is 7.44. The van der Waals surface area contributed by atoms with Crippen LogP contribution in [0, 0.1) is 12.7 Å². The second-order valence-corrected chi connectivity index (χ2v) is 4.87. The van der Waals surface area contributed by atoms with Crippen LogP contribution in [-0.2, 0) is 17.9 Å². The van der Waals surface area contributed by atoms with Crippen molar-refractivity contribution in [3.05, 3.63) is 53.6 Å². The molecule has 0 spiro atoms. The van der Waals surface area contributed by atoms with Gasteiger partial charge in [0.25, 0.3) is 0 Å². The van der Waals surface area contributed by atoms with Gasteiger partial charge in [-0.05, 0) is 17.7 Å². The molecule has 2 N–H and O–H groups in total. The van der Waals surface area contributed by atoms with Crippen molar-refractivity contribution in [2.24, 2.45) is 0 Å². The van der Waals surface area contributed by atoms with E-state index >= 15 is 0 Å². The van der Waals surface area contributed by atoms with Crippen molar-refractivity contribution in [2.45, 2.75) is 26.5 Å². The molecule has 116 valence electrons. The van der Waals surface area contributed by atoms with Gasteiger partial charge in [0, 0.05) is 13.0 Å². The summed E-state index contributed by atoms with van der Waals surface area (Å²) in [6.45, 7) is 2.11. The molecule has 0 saturated carbocycles. The van der Waals surface area contributed by atoms with Crippen molar-refractivity contribution in [1.29, 1.82) is 0 Å². The second kappa shape index (κ2) is 6.89. The highest BCUT2D eigenvalue weighted by Gasteiger charge is 2.18. The molecule has 1 aromatic heterocycles. The molecule has 0 aliphatic carbocycles. The van der Waals surface area contributed by atoms with Gasteiger partial charge in [0.2, 0.25) is 11.4 Å². The maximum absolute atomic E-state index is 13.1. The summed E-state index contributed by atoms with van der Waals surface area (Å²) in [5, 5.41) is 18.6. The molecule has 1 heterocycles. The van der Waals surface area contributed by atoms with Crippen LogP contribution >= 0.6 is 0 Å². The Balaban J connectivity index is 2.15. The molecule has 0 aliphatic rings. The van der Waals surface area contributed by atoms with Crippen LogP contribution in [0.4, 0.5) is 4.39 Å². The molecular weight excluding hydrogens is 289 g/mol. The minimum atomic E-state index is -0.901. The number of hydrogen-bond acceptors (Lipinski definition) is 3. The molecule has 0 fully saturated rings. The molecule has 0 atom stereocenters. The number of aryl methyl sites for hydroxylation is 1. The van der Waals surface area contributed by atoms with Gasteiger partial charge in [-0.2, -0.15) is 4.57 Å². The molecule has 6 heteroatoms. The fourth-order valence-corrected chi connectivity index (χ4v) is 2.08. The van der Waals surface area contributed by atoms with E-state index in [1.165, 1.54) is 18.2 Å². The number of hydrogen-bond donors (Lipinski definition) is 2. The Morgan fingerprint density at radius 1 is 1.36 bits per heavy atom. The Labute approximate surface area is 127 Å². The summed E-state index contributed by atoms with van der Waals surface area (Å²) in [4.78, 5) is 10.6. The molecule has 5 nitrogen and oxygen atoms in total. The number of aromatic nitrogens is 1. The van der Waals surface area contributed by atoms with Crippen molar-refractivity contribution < 1.29 is 28.7 Å². The SMILES string of the molecule is Cc1c(OCc2cccc(F)c2)c(O)cc[n+]1CCC(=O)O. The average Bonchev–Trinajstić information content (AvgIpc) is 2.46. The van der Waals surface area contributed by atoms with Crippen molar-refractivity contribution in [1.82, 2.24) is 0 Å². The number of halogens is 1. The predicted molar refractivity (Wildman–Crippen MR) is 76.0 cm³/mol. The van der Waals surface area contributed by atoms with Crippen LogP contribution in [0.2, 0.25) is 0 Å². The zero-order valence-electron chi connectivity index (χ0n) is 12.1. The van der Waals surface area contributed by atoms with Gasteiger partial charge < -0.3 is 14.9 Å². The van der Waals surface area contributed by atoms with E-state index in [2.05, 4.69) is 0 Å². The molecular formula is C16H17FNO4+. The molecule has 0 bridgehead atoms. The highest BCUT2D eigenvalue weighted by Crippen LogP contribution is 2.27. The standard InChI is InChI=1S/C16H16FNO4/c1-11-16(22-10-12-3-2-4-13(17)9-12)14(19)5-7-18(11)8-6-15(20)21/h2-5,7,9H,6,8,10H2,1H3,(H,20,21)/p+1. The predicted octanol–water partition coefficient (Wildman–Crippen LogP) is 2.18. The highest BCUT2D eigenvalue weighted by atomic mass is 19.1. The van der Waals surface area contributed by atoms with Gasteiger partial charge in [-0.25, -0.2) is 4.39 Å². The highest BCUT2D eigenvalue weighted by molar-refractivity contribution is 5.66. The summed E-state index contributed by atoms with van der Waals surface area (Å²) in [5.74, 6) is -1.04. The van der Waals surface area contributed by atoms with Gasteiger partial charge >= 0.3 is 5.97 Å². The molecule has 0 radical (unpaired) electrons. The first kappa shape index (κ1) is 15.8. The van der Waals surface area contributed by atoms with Crippen molar-refractivity contribution in [3.8, 4) is 11.5 Å². The number of ether oxygens (including phenoxy) is 1. The molecule has 2 rings (SSSR count). The Bertz CT molecular complexity index is 688. The molecule has 0 amide bonds. The summed E-state index contributed by atoms with van der Waals surface area (Å²) >= 11 is 0. The van der Waals surface area contributed by atoms with Crippen LogP contribution in [-0.4, -0.2) is 16.2 Å². The van der Waals surface area contributed by atoms with Crippen molar-refractivity contribution in [2.75, 3.05) is 0 Å². The summed E-state index contributed by atoms with van der Waals surface area (Å²) in [7, 11) is 0. The van der Waals surface area contributed by atoms with E-state index in [4.69, 9.17) is 9.84 Å². The van der Waals surface area contributed by atoms with E-state index in [1.807, 2.05) is 0 Å². The van der Waals surface area contributed by atoms with Crippen molar-refractivity contribution in [3.63, 3.8) is 0 Å². The summed E-state index contributed by atoms with van der Waals surface area (Å²) < 4.78 is 20.4. The third kappa shape index (κ3) is 3.94. The molecule has 0 unspecified atom stereocenters. The Morgan fingerprint density at radius 3 is 2.82 bits per heavy atom. The third-order valence-electron chi connectivity index (χ3n) is 3.24. The first-order chi connectivity index (χ1) is 10.5. The molecule has 22 heavy (non-hydrogen) atoms. The Kier molecular flexibility index (Phi) is 4.93. The number of carbonyl (C=O) groups is 1. The lowest BCUT2D eigenvalue weighted by molar-refractivity contribution is -0.702. The average molecular weight is 306 g/mol. The fourth-order valence-electron chi connectivity index (χ4n) is 2.08. The first-order valence-electron chi connectivity index (χ1n) is 6.78. The van der Waals surface area contributed by atoms with Crippen LogP contribution in [0.1, 0.15) is 17.7 Å². The minimum Gasteiger partial charge on any atom is -0.504 e. The van der Waals surface area contributed by atoms with Crippen LogP contribution in [0.5, 0.6) is 11.5 Å². The molecule has 0 aliphatic heterocycles. The van der Waals surface area contributed by atoms with Gasteiger partial charge in [-0.1, -0.05) is 12.1 Å². The third-order valence-corrected chi connectivity index (χ3v) is 3.24. The van der Waals surface area contributed by atoms with Gasteiger partial charge in [0.1, 0.15) is 18.8 Å². The number of benzene rings is 1. The second-order valence-electron chi connectivity index (χ2n) is 4.87. The van der Waals surface area contributed by atoms with Gasteiger partial charge in [-0.3, -0.25) is 4.79 Å². The van der Waals surface area contributed by atoms with Crippen LogP contribution < -0.4 is 9.30 Å². The first-order valence-corrected chi connectivity index (χ1v) is 6.78. The Morgan fingerprint density at radius 2 is 2.14 bits per heavy atom. The van der Waals surface area contributed by atoms with E-state index in [0.29, 0.717) is 11.3 Å². The smallest absolute Gasteiger partial charge is 0.309 e. The largest absolute Gasteiger partial charge is 0.504 e. The van der Waals surface area contributed by atoms with Gasteiger partial charge in [0.15, 0.2) is 18.5 Å². The van der Waals surface area contributed by atoms with E-state index in [1.54, 1.807) is 29.8 Å². The zero-order chi connectivity index (χ0) is 16.1. The molecule has 1 aromatic carbocycles. The topological polar surface area (TPSA) is 70.6 Å². The quantitative estimate of drug-likeness (QED) is 0.803. The number of carboxylic acids is 1. The van der Waals surface area contributed by atoms with E-state index < -0.39 is 5.97 Å². The molecule has 2 aromatic rings. The maximum atomic E-state index is 13.1. The van der Waals surface area contributed by atoms with Crippen LogP contribution in [0.25, 0.3) is 0 Å². The number of aliphatic carboxylic acids is 1. The zero-order valence-corrected chi connectivity index (χ0v) is 12.1. The Hall–Kier alpha value is -2.63. The number of pyridine rings is 1. The normalized spacial score (nSPS) is 10.5. The number of aromatic hydroxyl groups is 1. The van der Waals surface area contributed by atoms with Crippen LogP contribution in [0.3, 0.4) is 0 Å². The van der Waals surface area contributed by atoms with Gasteiger partial charge in [0.05, 0.1) is 0 Å². The number of nitrogens with zero attached hydrogens (tertiary/aromatic N) is 1. The van der Waals surface area contributed by atoms with Crippen molar-refractivity contribution >= 4 is 5.97 Å². The fraction of sp³-hybridized carbons (Fsp3) is 0.250. The summed E-state index contributed by atoms with van der Waals surface area (Å²) in [6.07, 6.45) is 1.57. The lowest BCUT2D eigenvalue weighted by atomic mass is 10.2. The monoisotopic (exact) mass is 306 g/mol. The summed E-state index contributed by atoms with van der Waals surface area (Å²) in [5.41, 5.74) is 1.25. The van der Waals surface area contributed by atoms with E-state index in [9.17, 15) is 14.3 Å². The van der Waals surface area contributed by atoms with Crippen LogP contribution in [0.15, 0.2) is 36.5 Å². The number of carboxylic acid groups (broad SMARTS) is 1. The number of rotatable bonds is 6. The lowest BCUT2D eigenvalue weighted by Crippen LogP contribution is -2.38. The minimum absolute atomic E-state index is 0.0282. The molecule has 0 saturated heterocycles. The van der Waals surface area contributed by atoms with Gasteiger partial charge in [-0.15, -0.1) is 0 Å².